The number of aliphatic hydroxyl groups excluding tert-OH is 1. The van der Waals surface area contributed by atoms with Gasteiger partial charge in [-0.1, -0.05) is 0 Å². The number of amidine groups is 1. The number of anilines is 2. The van der Waals surface area contributed by atoms with Gasteiger partial charge in [0.05, 0.1) is 11.9 Å². The summed E-state index contributed by atoms with van der Waals surface area (Å²) in [5, 5.41) is 16.6. The maximum Gasteiger partial charge on any atom is 0.286 e. The molecule has 0 radical (unpaired) electrons. The lowest BCUT2D eigenvalue weighted by molar-refractivity contribution is -0.119. The largest absolute Gasteiger partial charge is 0.511 e. The van der Waals surface area contributed by atoms with E-state index >= 15 is 0 Å². The van der Waals surface area contributed by atoms with Gasteiger partial charge in [0.25, 0.3) is 15.9 Å². The number of amides is 1. The van der Waals surface area contributed by atoms with Crippen molar-refractivity contribution in [1.29, 1.82) is 0 Å². The normalized spacial score (nSPS) is 31.4. The minimum atomic E-state index is -4.23. The number of hydrogen-bond donors (Lipinski definition) is 4. The predicted molar refractivity (Wildman–Crippen MR) is 109 cm³/mol. The van der Waals surface area contributed by atoms with Crippen molar-refractivity contribution in [3.63, 3.8) is 0 Å². The smallest absolute Gasteiger partial charge is 0.286 e. The number of sulfonamides is 2. The van der Waals surface area contributed by atoms with E-state index in [1.807, 2.05) is 0 Å². The molecule has 1 aromatic rings. The number of carbonyl (C=O) groups excluding carboxylic acids is 1. The summed E-state index contributed by atoms with van der Waals surface area (Å²) in [6, 6.07) is 3.80. The van der Waals surface area contributed by atoms with Gasteiger partial charge in [-0.25, -0.2) is 8.42 Å². The molecule has 160 valence electrons. The highest BCUT2D eigenvalue weighted by molar-refractivity contribution is 7.92. The number of rotatable bonds is 3. The van der Waals surface area contributed by atoms with Gasteiger partial charge in [0.1, 0.15) is 16.2 Å². The van der Waals surface area contributed by atoms with Crippen LogP contribution in [0.5, 0.6) is 0 Å². The van der Waals surface area contributed by atoms with Gasteiger partial charge in [0.2, 0.25) is 10.0 Å². The third kappa shape index (κ3) is 2.97. The lowest BCUT2D eigenvalue weighted by atomic mass is 9.79. The summed E-state index contributed by atoms with van der Waals surface area (Å²) in [5.41, 5.74) is 0.0566. The molecule has 2 aliphatic heterocycles. The number of nitrogens with zero attached hydrogens (tertiary/aromatic N) is 1. The molecule has 2 aliphatic carbocycles. The average Bonchev–Trinajstić information content (AvgIpc) is 3.22. The first-order valence-electron chi connectivity index (χ1n) is 9.52. The van der Waals surface area contributed by atoms with Gasteiger partial charge >= 0.3 is 0 Å². The summed E-state index contributed by atoms with van der Waals surface area (Å²) in [4.78, 5) is 12.5. The first-order chi connectivity index (χ1) is 14.0. The molecule has 5 rings (SSSR count). The van der Waals surface area contributed by atoms with Crippen molar-refractivity contribution in [3.05, 3.63) is 29.5 Å². The van der Waals surface area contributed by atoms with Crippen molar-refractivity contribution < 1.29 is 26.7 Å². The molecule has 2 bridgehead atoms. The quantitative estimate of drug-likeness (QED) is 0.532. The van der Waals surface area contributed by atoms with E-state index in [0.29, 0.717) is 5.92 Å². The molecule has 4 atom stereocenters. The molecule has 0 spiro atoms. The van der Waals surface area contributed by atoms with Crippen molar-refractivity contribution >= 4 is 43.2 Å². The molecular formula is C18H20N4O6S2. The van der Waals surface area contributed by atoms with Crippen LogP contribution in [0.1, 0.15) is 19.3 Å². The number of benzene rings is 1. The Morgan fingerprint density at radius 2 is 1.97 bits per heavy atom. The van der Waals surface area contributed by atoms with E-state index in [1.54, 1.807) is 0 Å². The second kappa shape index (κ2) is 6.20. The molecule has 1 amide bonds. The fourth-order valence-corrected chi connectivity index (χ4v) is 6.88. The van der Waals surface area contributed by atoms with Gasteiger partial charge in [-0.15, -0.1) is 4.40 Å². The minimum absolute atomic E-state index is 0.0718. The van der Waals surface area contributed by atoms with E-state index in [-0.39, 0.29) is 51.3 Å². The highest BCUT2D eigenvalue weighted by Crippen LogP contribution is 2.52. The predicted octanol–water partition coefficient (Wildman–Crippen LogP) is 0.927. The molecule has 4 aliphatic rings. The average molecular weight is 453 g/mol. The van der Waals surface area contributed by atoms with Crippen LogP contribution in [0, 0.1) is 17.8 Å². The van der Waals surface area contributed by atoms with Crippen molar-refractivity contribution in [2.24, 2.45) is 22.2 Å². The fourth-order valence-electron chi connectivity index (χ4n) is 5.17. The Balaban J connectivity index is 1.55. The molecule has 12 heteroatoms. The fraction of sp³-hybridized carbons (Fsp3) is 0.444. The summed E-state index contributed by atoms with van der Waals surface area (Å²) in [6.07, 6.45) is 3.87. The van der Waals surface area contributed by atoms with Crippen LogP contribution in [0.15, 0.2) is 38.8 Å². The first kappa shape index (κ1) is 19.4. The number of carbonyl (C=O) groups is 1. The maximum absolute atomic E-state index is 12.8. The number of nitrogens with one attached hydrogen (secondary N) is 3. The molecule has 2 heterocycles. The van der Waals surface area contributed by atoms with Crippen LogP contribution in [0.2, 0.25) is 0 Å². The van der Waals surface area contributed by atoms with E-state index in [4.69, 9.17) is 0 Å². The number of aliphatic hydroxyl groups is 1. The van der Waals surface area contributed by atoms with Gasteiger partial charge in [-0.2, -0.15) is 8.42 Å². The minimum Gasteiger partial charge on any atom is -0.511 e. The van der Waals surface area contributed by atoms with E-state index in [2.05, 4.69) is 19.8 Å². The summed E-state index contributed by atoms with van der Waals surface area (Å²) >= 11 is 0. The molecule has 10 nitrogen and oxygen atoms in total. The van der Waals surface area contributed by atoms with Gasteiger partial charge in [-0.05, 0) is 49.3 Å². The summed E-state index contributed by atoms with van der Waals surface area (Å²) in [6.45, 7) is 0. The van der Waals surface area contributed by atoms with E-state index in [1.165, 1.54) is 12.1 Å². The zero-order valence-electron chi connectivity index (χ0n) is 15.9. The maximum atomic E-state index is 12.8. The highest BCUT2D eigenvalue weighted by atomic mass is 32.2. The van der Waals surface area contributed by atoms with E-state index < -0.39 is 26.0 Å². The van der Waals surface area contributed by atoms with Crippen LogP contribution in [-0.4, -0.2) is 46.0 Å². The number of fused-ring (bicyclic) bond motifs is 6. The van der Waals surface area contributed by atoms with Gasteiger partial charge in [-0.3, -0.25) is 9.52 Å². The first-order valence-corrected chi connectivity index (χ1v) is 12.8. The Labute approximate surface area is 173 Å². The Morgan fingerprint density at radius 3 is 2.70 bits per heavy atom. The Bertz CT molecular complexity index is 1250. The van der Waals surface area contributed by atoms with E-state index in [0.717, 1.165) is 31.6 Å². The second-order valence-corrected chi connectivity index (χ2v) is 11.6. The molecule has 2 fully saturated rings. The molecule has 2 saturated carbocycles. The monoisotopic (exact) mass is 452 g/mol. The molecule has 4 N–H and O–H groups in total. The Hall–Kier alpha value is -2.60. The topological polar surface area (TPSA) is 154 Å². The number of hydrogen-bond acceptors (Lipinski definition) is 7. The van der Waals surface area contributed by atoms with Crippen LogP contribution < -0.4 is 15.4 Å². The third-order valence-electron chi connectivity index (χ3n) is 6.28. The van der Waals surface area contributed by atoms with Crippen molar-refractivity contribution in [2.45, 2.75) is 30.2 Å². The van der Waals surface area contributed by atoms with Crippen molar-refractivity contribution in [3.8, 4) is 0 Å². The molecule has 1 aromatic carbocycles. The zero-order chi connectivity index (χ0) is 21.4. The van der Waals surface area contributed by atoms with Gasteiger partial charge < -0.3 is 15.7 Å². The highest BCUT2D eigenvalue weighted by Gasteiger charge is 2.54. The van der Waals surface area contributed by atoms with Crippen molar-refractivity contribution in [1.82, 2.24) is 5.32 Å². The van der Waals surface area contributed by atoms with Gasteiger partial charge in [0.15, 0.2) is 5.84 Å². The van der Waals surface area contributed by atoms with Crippen molar-refractivity contribution in [2.75, 3.05) is 16.3 Å². The lowest BCUT2D eigenvalue weighted by Gasteiger charge is -2.36. The second-order valence-electron chi connectivity index (χ2n) is 8.24. The lowest BCUT2D eigenvalue weighted by Crippen LogP contribution is -2.51. The molecule has 0 saturated heterocycles. The SMILES string of the molecule is CS(=O)(=O)Nc1ccc2c(c1)S(=O)(=O)N=C(C1=C(O)[C@@H]3[C@H]4CC[C@H](C4)[C@@H]3NC1=O)N2. The van der Waals surface area contributed by atoms with Crippen LogP contribution in [0.25, 0.3) is 0 Å². The van der Waals surface area contributed by atoms with Crippen LogP contribution >= 0.6 is 0 Å². The van der Waals surface area contributed by atoms with Crippen LogP contribution in [0.4, 0.5) is 11.4 Å². The Morgan fingerprint density at radius 1 is 1.23 bits per heavy atom. The summed E-state index contributed by atoms with van der Waals surface area (Å²) < 4.78 is 54.3. The summed E-state index contributed by atoms with van der Waals surface area (Å²) in [5.74, 6) is -0.542. The molecular weight excluding hydrogens is 432 g/mol. The Kier molecular flexibility index (Phi) is 4.00. The van der Waals surface area contributed by atoms with Crippen LogP contribution in [0.3, 0.4) is 0 Å². The molecule has 0 unspecified atom stereocenters. The zero-order valence-corrected chi connectivity index (χ0v) is 17.5. The molecule has 30 heavy (non-hydrogen) atoms. The summed E-state index contributed by atoms with van der Waals surface area (Å²) in [7, 11) is -7.82. The standard InChI is InChI=1S/C18H20N4O6S2/c1-29(25,26)21-10-4-5-11-12(7-10)30(27,28)22-17(19-11)14-16(23)13-8-2-3-9(6-8)15(13)20-18(14)24/h4-5,7-9,13,15,21,23H,2-3,6H2,1H3,(H,19,22)(H,20,24)/t8-,9+,13+,15-/m0/s1. The van der Waals surface area contributed by atoms with E-state index in [9.17, 15) is 26.7 Å². The van der Waals surface area contributed by atoms with Gasteiger partial charge in [0, 0.05) is 17.6 Å². The third-order valence-corrected chi connectivity index (χ3v) is 8.20. The van der Waals surface area contributed by atoms with Crippen LogP contribution in [-0.2, 0) is 24.8 Å². The molecule has 0 aromatic heterocycles.